The second-order valence-electron chi connectivity index (χ2n) is 1.26. The van der Waals surface area contributed by atoms with Gasteiger partial charge in [-0.25, -0.2) is 0 Å². The summed E-state index contributed by atoms with van der Waals surface area (Å²) in [4.78, 5) is 9.65. The Hall–Kier alpha value is -0.410. The van der Waals surface area contributed by atoms with Crippen molar-refractivity contribution < 1.29 is 15.0 Å². The summed E-state index contributed by atoms with van der Waals surface area (Å²) < 4.78 is 0. The van der Waals surface area contributed by atoms with E-state index in [2.05, 4.69) is 0 Å². The van der Waals surface area contributed by atoms with Gasteiger partial charge in [-0.2, -0.15) is 0 Å². The van der Waals surface area contributed by atoms with Crippen molar-refractivity contribution in [3.63, 3.8) is 0 Å². The van der Waals surface area contributed by atoms with E-state index in [-0.39, 0.29) is 13.2 Å². The molecule has 0 saturated heterocycles. The monoisotopic (exact) mass is 104 g/mol. The fourth-order valence-corrected chi connectivity index (χ4v) is 0.144. The lowest BCUT2D eigenvalue weighted by Gasteiger charge is -1.96. The van der Waals surface area contributed by atoms with Gasteiger partial charge < -0.3 is 15.0 Å². The molecule has 0 aromatic heterocycles. The van der Waals surface area contributed by atoms with Crippen molar-refractivity contribution in [2.45, 2.75) is 0 Å². The van der Waals surface area contributed by atoms with E-state index in [1.165, 1.54) is 0 Å². The lowest BCUT2D eigenvalue weighted by Crippen LogP contribution is -2.11. The van der Waals surface area contributed by atoms with Crippen LogP contribution < -0.4 is 0 Å². The minimum atomic E-state index is -0.583. The van der Waals surface area contributed by atoms with Gasteiger partial charge in [-0.15, -0.1) is 0 Å². The molecule has 2 N–H and O–H groups in total. The molecule has 0 fully saturated rings. The maximum atomic E-state index is 9.65. The number of aliphatic hydroxyl groups is 2. The smallest absolute Gasteiger partial charge is 0.127 e. The number of hydrogen-bond donors (Lipinski definition) is 2. The van der Waals surface area contributed by atoms with Crippen LogP contribution in [0.4, 0.5) is 0 Å². The summed E-state index contributed by atoms with van der Waals surface area (Å²) in [5, 5.41) is 16.3. The lowest BCUT2D eigenvalue weighted by atomic mass is 10.2. The fraction of sp³-hybridized carbons (Fsp3) is 0.750. The maximum absolute atomic E-state index is 9.65. The maximum Gasteiger partial charge on any atom is 0.127 e. The van der Waals surface area contributed by atoms with Gasteiger partial charge in [-0.05, 0) is 0 Å². The number of aldehydes is 1. The molecule has 0 aliphatic rings. The normalized spacial score (nSPS) is 9.57. The van der Waals surface area contributed by atoms with Crippen LogP contribution in [0, 0.1) is 5.92 Å². The van der Waals surface area contributed by atoms with Crippen molar-refractivity contribution in [3.05, 3.63) is 0 Å². The van der Waals surface area contributed by atoms with E-state index >= 15 is 0 Å². The van der Waals surface area contributed by atoms with Gasteiger partial charge in [-0.1, -0.05) is 0 Å². The third-order valence-electron chi connectivity index (χ3n) is 0.661. The zero-order valence-corrected chi connectivity index (χ0v) is 3.87. The van der Waals surface area contributed by atoms with Gasteiger partial charge in [-0.3, -0.25) is 0 Å². The predicted octanol–water partition coefficient (Wildman–Crippen LogP) is -1.21. The van der Waals surface area contributed by atoms with Gasteiger partial charge in [0.15, 0.2) is 0 Å². The molecule has 0 amide bonds. The Morgan fingerprint density at radius 3 is 1.86 bits per heavy atom. The van der Waals surface area contributed by atoms with Gasteiger partial charge in [0.1, 0.15) is 6.29 Å². The highest BCUT2D eigenvalue weighted by Gasteiger charge is 1.99. The summed E-state index contributed by atoms with van der Waals surface area (Å²) in [5.41, 5.74) is 0. The van der Waals surface area contributed by atoms with Crippen LogP contribution in [0.3, 0.4) is 0 Å². The second kappa shape index (κ2) is 3.77. The molecule has 0 heterocycles. The number of hydrogen-bond acceptors (Lipinski definition) is 3. The van der Waals surface area contributed by atoms with E-state index in [0.29, 0.717) is 6.29 Å². The molecule has 0 saturated carbocycles. The third kappa shape index (κ3) is 2.31. The van der Waals surface area contributed by atoms with E-state index in [0.717, 1.165) is 0 Å². The minimum absolute atomic E-state index is 0.264. The molecule has 0 aromatic carbocycles. The molecule has 0 rings (SSSR count). The average molecular weight is 104 g/mol. The summed E-state index contributed by atoms with van der Waals surface area (Å²) in [6, 6.07) is 0. The standard InChI is InChI=1S/C4H8O3/c5-1-4(2-6)3-7/h1,4,6-7H,2-3H2. The van der Waals surface area contributed by atoms with Gasteiger partial charge in [0.05, 0.1) is 19.1 Å². The van der Waals surface area contributed by atoms with E-state index in [1.807, 2.05) is 0 Å². The summed E-state index contributed by atoms with van der Waals surface area (Å²) in [6.45, 7) is -0.528. The van der Waals surface area contributed by atoms with E-state index in [9.17, 15) is 4.79 Å². The Morgan fingerprint density at radius 1 is 1.43 bits per heavy atom. The van der Waals surface area contributed by atoms with Crippen LogP contribution in [0.2, 0.25) is 0 Å². The summed E-state index contributed by atoms with van der Waals surface area (Å²) in [5.74, 6) is -0.583. The predicted molar refractivity (Wildman–Crippen MR) is 23.7 cm³/mol. The molecular formula is C4H8O3. The Balaban J connectivity index is 3.16. The van der Waals surface area contributed by atoms with E-state index in [1.54, 1.807) is 0 Å². The topological polar surface area (TPSA) is 57.5 Å². The molecular weight excluding hydrogens is 96.0 g/mol. The van der Waals surface area contributed by atoms with Gasteiger partial charge in [0.2, 0.25) is 0 Å². The molecule has 0 aliphatic carbocycles. The zero-order chi connectivity index (χ0) is 5.70. The van der Waals surface area contributed by atoms with Crippen LogP contribution in [0.25, 0.3) is 0 Å². The van der Waals surface area contributed by atoms with Gasteiger partial charge >= 0.3 is 0 Å². The van der Waals surface area contributed by atoms with Crippen molar-refractivity contribution in [2.75, 3.05) is 13.2 Å². The first-order valence-corrected chi connectivity index (χ1v) is 2.02. The molecule has 0 radical (unpaired) electrons. The van der Waals surface area contributed by atoms with Crippen molar-refractivity contribution >= 4 is 6.29 Å². The van der Waals surface area contributed by atoms with E-state index in [4.69, 9.17) is 10.2 Å². The van der Waals surface area contributed by atoms with Crippen molar-refractivity contribution in [1.29, 1.82) is 0 Å². The summed E-state index contributed by atoms with van der Waals surface area (Å²) >= 11 is 0. The van der Waals surface area contributed by atoms with Crippen molar-refractivity contribution in [2.24, 2.45) is 5.92 Å². The Kier molecular flexibility index (Phi) is 3.55. The average Bonchev–Trinajstić information content (AvgIpc) is 1.72. The molecule has 3 nitrogen and oxygen atoms in total. The second-order valence-corrected chi connectivity index (χ2v) is 1.26. The first kappa shape index (κ1) is 6.59. The first-order chi connectivity index (χ1) is 3.35. The highest BCUT2D eigenvalue weighted by atomic mass is 16.3. The van der Waals surface area contributed by atoms with Gasteiger partial charge in [0.25, 0.3) is 0 Å². The van der Waals surface area contributed by atoms with Gasteiger partial charge in [0, 0.05) is 0 Å². The van der Waals surface area contributed by atoms with Crippen LogP contribution in [0.1, 0.15) is 0 Å². The fourth-order valence-electron chi connectivity index (χ4n) is 0.144. The quantitative estimate of drug-likeness (QED) is 0.441. The molecule has 0 atom stereocenters. The largest absolute Gasteiger partial charge is 0.396 e. The van der Waals surface area contributed by atoms with Crippen molar-refractivity contribution in [3.8, 4) is 0 Å². The summed E-state index contributed by atoms with van der Waals surface area (Å²) in [7, 11) is 0. The SMILES string of the molecule is O=CC(CO)CO. The minimum Gasteiger partial charge on any atom is -0.396 e. The van der Waals surface area contributed by atoms with Crippen LogP contribution in [-0.2, 0) is 4.79 Å². The lowest BCUT2D eigenvalue weighted by molar-refractivity contribution is -0.113. The molecule has 3 heteroatoms. The molecule has 0 aliphatic heterocycles. The number of aliphatic hydroxyl groups excluding tert-OH is 2. The van der Waals surface area contributed by atoms with Crippen LogP contribution in [-0.4, -0.2) is 29.7 Å². The number of carbonyl (C=O) groups is 1. The molecule has 7 heavy (non-hydrogen) atoms. The molecule has 0 bridgehead atoms. The molecule has 42 valence electrons. The Bertz CT molecular complexity index is 48.9. The highest BCUT2D eigenvalue weighted by Crippen LogP contribution is 1.83. The Labute approximate surface area is 41.6 Å². The molecule has 0 aromatic rings. The van der Waals surface area contributed by atoms with Crippen LogP contribution in [0.5, 0.6) is 0 Å². The van der Waals surface area contributed by atoms with E-state index < -0.39 is 5.92 Å². The molecule has 0 unspecified atom stereocenters. The van der Waals surface area contributed by atoms with Crippen molar-refractivity contribution in [1.82, 2.24) is 0 Å². The zero-order valence-electron chi connectivity index (χ0n) is 3.87. The van der Waals surface area contributed by atoms with Crippen LogP contribution in [0.15, 0.2) is 0 Å². The number of rotatable bonds is 3. The third-order valence-corrected chi connectivity index (χ3v) is 0.661. The molecule has 0 spiro atoms. The summed E-state index contributed by atoms with van der Waals surface area (Å²) in [6.07, 6.45) is 0.528. The van der Waals surface area contributed by atoms with Crippen LogP contribution >= 0.6 is 0 Å². The number of carbonyl (C=O) groups excluding carboxylic acids is 1. The first-order valence-electron chi connectivity index (χ1n) is 2.02. The Morgan fingerprint density at radius 2 is 1.86 bits per heavy atom. The highest BCUT2D eigenvalue weighted by molar-refractivity contribution is 5.53.